The molecular formula is C34H32N2O4. The summed E-state index contributed by atoms with van der Waals surface area (Å²) in [6.07, 6.45) is 1.63. The average Bonchev–Trinajstić information content (AvgIpc) is 3.54. The normalized spacial score (nSPS) is 13.2. The number of nitrogens with two attached hydrogens (primary N) is 1. The number of benzene rings is 4. The molecule has 0 aromatic heterocycles. The number of carbonyl (C=O) groups excluding carboxylic acids is 1. The van der Waals surface area contributed by atoms with Crippen LogP contribution in [0.3, 0.4) is 0 Å². The van der Waals surface area contributed by atoms with Crippen molar-refractivity contribution in [3.8, 4) is 22.3 Å². The van der Waals surface area contributed by atoms with E-state index in [1.54, 1.807) is 0 Å². The van der Waals surface area contributed by atoms with Crippen molar-refractivity contribution in [1.29, 1.82) is 0 Å². The van der Waals surface area contributed by atoms with Crippen molar-refractivity contribution in [3.05, 3.63) is 118 Å². The maximum Gasteiger partial charge on any atom is 0.408 e. The Morgan fingerprint density at radius 3 is 1.80 bits per heavy atom. The highest BCUT2D eigenvalue weighted by Gasteiger charge is 2.32. The third-order valence-electron chi connectivity index (χ3n) is 8.10. The minimum atomic E-state index is -1.09. The summed E-state index contributed by atoms with van der Waals surface area (Å²) in [5.74, 6) is -1.09. The summed E-state index contributed by atoms with van der Waals surface area (Å²) < 4.78 is 6.22. The Morgan fingerprint density at radius 2 is 1.27 bits per heavy atom. The number of hydrogen-bond acceptors (Lipinski definition) is 4. The van der Waals surface area contributed by atoms with E-state index in [4.69, 9.17) is 10.5 Å². The summed E-state index contributed by atoms with van der Waals surface area (Å²) in [4.78, 5) is 25.3. The summed E-state index contributed by atoms with van der Waals surface area (Å²) in [6, 6.07) is 28.0. The highest BCUT2D eigenvalue weighted by molar-refractivity contribution is 5.82. The minimum absolute atomic E-state index is 0.290. The molecule has 4 aromatic rings. The fourth-order valence-electron chi connectivity index (χ4n) is 6.18. The van der Waals surface area contributed by atoms with E-state index in [2.05, 4.69) is 41.7 Å². The van der Waals surface area contributed by atoms with Gasteiger partial charge in [0.1, 0.15) is 6.04 Å². The molecule has 6 nitrogen and oxygen atoms in total. The number of nitrogens with one attached hydrogen (secondary N) is 1. The molecule has 0 radical (unpaired) electrons. The summed E-state index contributed by atoms with van der Waals surface area (Å²) >= 11 is 0. The molecule has 6 heteroatoms. The highest BCUT2D eigenvalue weighted by Crippen LogP contribution is 2.45. The summed E-state index contributed by atoms with van der Waals surface area (Å²) in [5.41, 5.74) is 16.8. The maximum absolute atomic E-state index is 13.4. The van der Waals surface area contributed by atoms with Gasteiger partial charge < -0.3 is 20.9 Å². The molecule has 0 unspecified atom stereocenters. The van der Waals surface area contributed by atoms with Crippen molar-refractivity contribution in [3.63, 3.8) is 0 Å². The van der Waals surface area contributed by atoms with Crippen LogP contribution in [0.4, 0.5) is 4.79 Å². The molecule has 2 aliphatic carbocycles. The van der Waals surface area contributed by atoms with Crippen LogP contribution < -0.4 is 11.1 Å². The van der Waals surface area contributed by atoms with E-state index in [9.17, 15) is 14.7 Å². The van der Waals surface area contributed by atoms with Crippen LogP contribution in [0, 0.1) is 0 Å². The van der Waals surface area contributed by atoms with Gasteiger partial charge >= 0.3 is 12.1 Å². The molecule has 2 aliphatic rings. The number of carboxylic acid groups (broad SMARTS) is 1. The summed E-state index contributed by atoms with van der Waals surface area (Å²) in [7, 11) is 0. The number of carboxylic acids is 1. The Kier molecular flexibility index (Phi) is 7.10. The Hall–Kier alpha value is -4.42. The number of unbranched alkanes of at least 4 members (excludes halogenated alkanes) is 1. The molecule has 4 aromatic carbocycles. The number of hydrogen-bond donors (Lipinski definition) is 3. The smallest absolute Gasteiger partial charge is 0.408 e. The van der Waals surface area contributed by atoms with Gasteiger partial charge in [0.2, 0.25) is 0 Å². The van der Waals surface area contributed by atoms with Crippen LogP contribution in [0.2, 0.25) is 0 Å². The largest absolute Gasteiger partial charge is 0.480 e. The van der Waals surface area contributed by atoms with Gasteiger partial charge in [0.25, 0.3) is 0 Å². The van der Waals surface area contributed by atoms with E-state index in [1.807, 2.05) is 48.5 Å². The van der Waals surface area contributed by atoms with Crippen molar-refractivity contribution in [2.45, 2.75) is 44.2 Å². The molecule has 0 fully saturated rings. The summed E-state index contributed by atoms with van der Waals surface area (Å²) in [5, 5.41) is 12.4. The molecule has 40 heavy (non-hydrogen) atoms. The van der Waals surface area contributed by atoms with Crippen LogP contribution in [0.15, 0.2) is 84.9 Å². The zero-order valence-electron chi connectivity index (χ0n) is 22.2. The lowest BCUT2D eigenvalue weighted by Gasteiger charge is -2.25. The van der Waals surface area contributed by atoms with Crippen LogP contribution in [-0.2, 0) is 22.4 Å². The first kappa shape index (κ1) is 25.8. The minimum Gasteiger partial charge on any atom is -0.480 e. The van der Waals surface area contributed by atoms with Gasteiger partial charge in [0.15, 0.2) is 6.10 Å². The topological polar surface area (TPSA) is 102 Å². The van der Waals surface area contributed by atoms with Crippen molar-refractivity contribution in [2.24, 2.45) is 5.73 Å². The number of ether oxygens (including phenoxy) is 1. The van der Waals surface area contributed by atoms with Crippen LogP contribution >= 0.6 is 0 Å². The Labute approximate surface area is 233 Å². The van der Waals surface area contributed by atoms with E-state index in [1.165, 1.54) is 22.3 Å². The fraction of sp³-hybridized carbons (Fsp3) is 0.235. The van der Waals surface area contributed by atoms with Crippen LogP contribution in [-0.4, -0.2) is 29.8 Å². The first-order valence-corrected chi connectivity index (χ1v) is 13.8. The van der Waals surface area contributed by atoms with Crippen LogP contribution in [0.5, 0.6) is 0 Å². The number of amides is 1. The molecule has 0 aliphatic heterocycles. The van der Waals surface area contributed by atoms with Gasteiger partial charge in [-0.05, 0) is 83.2 Å². The Bertz CT molecular complexity index is 1500. The van der Waals surface area contributed by atoms with E-state index < -0.39 is 24.2 Å². The molecule has 1 amide bonds. The second kappa shape index (κ2) is 11.0. The molecule has 0 saturated heterocycles. The quantitative estimate of drug-likeness (QED) is 0.192. The maximum atomic E-state index is 13.4. The number of carbonyl (C=O) groups is 2. The van der Waals surface area contributed by atoms with Crippen molar-refractivity contribution in [2.75, 3.05) is 6.54 Å². The standard InChI is InChI=1S/C34H32N2O4/c35-18-6-5-17-31(33(37)38)36-34(39)40-32(27-15-7-13-25-23-11-3-1-9-21(23)19-29(25)27)28-16-8-14-26-24-12-4-2-10-22(24)20-30(26)28/h1-4,7-16,31-32H,5-6,17-20,35H2,(H,36,39)(H,37,38)/t31-/m0/s1. The highest BCUT2D eigenvalue weighted by atomic mass is 16.6. The van der Waals surface area contributed by atoms with E-state index >= 15 is 0 Å². The van der Waals surface area contributed by atoms with Gasteiger partial charge in [-0.25, -0.2) is 9.59 Å². The summed E-state index contributed by atoms with van der Waals surface area (Å²) in [6.45, 7) is 0.474. The third kappa shape index (κ3) is 4.75. The average molecular weight is 533 g/mol. The number of fused-ring (bicyclic) bond motifs is 6. The molecule has 0 bridgehead atoms. The van der Waals surface area contributed by atoms with Gasteiger partial charge in [0.05, 0.1) is 0 Å². The first-order valence-electron chi connectivity index (χ1n) is 13.8. The molecule has 4 N–H and O–H groups in total. The molecular weight excluding hydrogens is 500 g/mol. The van der Waals surface area contributed by atoms with Gasteiger partial charge in [-0.15, -0.1) is 0 Å². The fourth-order valence-corrected chi connectivity index (χ4v) is 6.18. The van der Waals surface area contributed by atoms with Crippen LogP contribution in [0.25, 0.3) is 22.3 Å². The lowest BCUT2D eigenvalue weighted by Crippen LogP contribution is -2.41. The molecule has 0 heterocycles. The lowest BCUT2D eigenvalue weighted by atomic mass is 9.89. The monoisotopic (exact) mass is 532 g/mol. The Morgan fingerprint density at radius 1 is 0.750 bits per heavy atom. The van der Waals surface area contributed by atoms with Gasteiger partial charge in [-0.3, -0.25) is 0 Å². The first-order chi connectivity index (χ1) is 19.5. The SMILES string of the molecule is NCCCC[C@H](NC(=O)OC(c1cccc2c1Cc1ccccc1-2)c1cccc2c1Cc1ccccc1-2)C(=O)O. The molecule has 0 saturated carbocycles. The predicted octanol–water partition coefficient (Wildman–Crippen LogP) is 6.23. The van der Waals surface area contributed by atoms with Gasteiger partial charge in [0, 0.05) is 11.1 Å². The van der Waals surface area contributed by atoms with Crippen LogP contribution in [0.1, 0.15) is 58.7 Å². The molecule has 202 valence electrons. The second-order valence-corrected chi connectivity index (χ2v) is 10.5. The second-order valence-electron chi connectivity index (χ2n) is 10.5. The lowest BCUT2D eigenvalue weighted by molar-refractivity contribution is -0.139. The number of rotatable bonds is 9. The molecule has 1 atom stereocenters. The zero-order chi connectivity index (χ0) is 27.6. The van der Waals surface area contributed by atoms with E-state index in [-0.39, 0.29) is 0 Å². The van der Waals surface area contributed by atoms with E-state index in [0.717, 1.165) is 46.2 Å². The van der Waals surface area contributed by atoms with Gasteiger partial charge in [-0.2, -0.15) is 0 Å². The number of alkyl carbamates (subject to hydrolysis) is 1. The van der Waals surface area contributed by atoms with Gasteiger partial charge in [-0.1, -0.05) is 84.9 Å². The molecule has 0 spiro atoms. The molecule has 6 rings (SSSR count). The Balaban J connectivity index is 1.40. The predicted molar refractivity (Wildman–Crippen MR) is 155 cm³/mol. The van der Waals surface area contributed by atoms with Crippen molar-refractivity contribution in [1.82, 2.24) is 5.32 Å². The number of aliphatic carboxylic acids is 1. The van der Waals surface area contributed by atoms with Crippen molar-refractivity contribution >= 4 is 12.1 Å². The zero-order valence-corrected chi connectivity index (χ0v) is 22.2. The van der Waals surface area contributed by atoms with E-state index in [0.29, 0.717) is 25.8 Å². The third-order valence-corrected chi connectivity index (χ3v) is 8.10. The van der Waals surface area contributed by atoms with Crippen molar-refractivity contribution < 1.29 is 19.4 Å².